The quantitative estimate of drug-likeness (QED) is 0.857. The zero-order valence-corrected chi connectivity index (χ0v) is 10.4. The van der Waals surface area contributed by atoms with Gasteiger partial charge in [0, 0.05) is 18.7 Å². The molecule has 1 aliphatic heterocycles. The number of hydrogen-bond donors (Lipinski definition) is 1. The molecule has 1 aromatic rings. The number of likely N-dealkylation sites (tertiary alicyclic amines) is 1. The van der Waals surface area contributed by atoms with E-state index in [1.807, 2.05) is 6.92 Å². The van der Waals surface area contributed by atoms with Gasteiger partial charge in [0.15, 0.2) is 5.69 Å². The van der Waals surface area contributed by atoms with E-state index in [0.717, 1.165) is 0 Å². The fourth-order valence-corrected chi connectivity index (χ4v) is 2.31. The van der Waals surface area contributed by atoms with E-state index in [0.29, 0.717) is 25.1 Å². The van der Waals surface area contributed by atoms with Crippen LogP contribution in [0.5, 0.6) is 0 Å². The Morgan fingerprint density at radius 2 is 2.28 bits per heavy atom. The molecule has 1 amide bonds. The molecule has 1 aromatic heterocycles. The molecule has 98 valence electrons. The average Bonchev–Trinajstić information content (AvgIpc) is 2.74. The SMILES string of the molecule is Cc1cc(C(=O)N2CCC(C(=O)O)CC2C)no1. The van der Waals surface area contributed by atoms with Gasteiger partial charge in [0.05, 0.1) is 5.92 Å². The number of aryl methyl sites for hydroxylation is 1. The van der Waals surface area contributed by atoms with E-state index in [1.54, 1.807) is 17.9 Å². The topological polar surface area (TPSA) is 83.6 Å². The minimum Gasteiger partial charge on any atom is -0.481 e. The second kappa shape index (κ2) is 4.80. The number of carbonyl (C=O) groups excluding carboxylic acids is 1. The molecule has 1 fully saturated rings. The van der Waals surface area contributed by atoms with Crippen LogP contribution in [0.15, 0.2) is 10.6 Å². The summed E-state index contributed by atoms with van der Waals surface area (Å²) in [6.07, 6.45) is 0.972. The van der Waals surface area contributed by atoms with Crippen LogP contribution in [0.1, 0.15) is 36.0 Å². The normalized spacial score (nSPS) is 24.0. The van der Waals surface area contributed by atoms with Crippen molar-refractivity contribution < 1.29 is 19.2 Å². The first kappa shape index (κ1) is 12.6. The second-order valence-corrected chi connectivity index (χ2v) is 4.73. The number of piperidine rings is 1. The molecular weight excluding hydrogens is 236 g/mol. The largest absolute Gasteiger partial charge is 0.481 e. The molecule has 1 saturated heterocycles. The van der Waals surface area contributed by atoms with E-state index in [9.17, 15) is 9.59 Å². The summed E-state index contributed by atoms with van der Waals surface area (Å²) in [6.45, 7) is 4.03. The molecular formula is C12H16N2O4. The van der Waals surface area contributed by atoms with Crippen LogP contribution < -0.4 is 0 Å². The number of hydrogen-bond acceptors (Lipinski definition) is 4. The summed E-state index contributed by atoms with van der Waals surface area (Å²) in [6, 6.07) is 1.50. The minimum absolute atomic E-state index is 0.0932. The Kier molecular flexibility index (Phi) is 3.36. The number of aliphatic carboxylic acids is 1. The Bertz CT molecular complexity index is 468. The van der Waals surface area contributed by atoms with Crippen LogP contribution in [-0.4, -0.2) is 39.6 Å². The Morgan fingerprint density at radius 3 is 2.78 bits per heavy atom. The van der Waals surface area contributed by atoms with Crippen LogP contribution in [0.4, 0.5) is 0 Å². The summed E-state index contributed by atoms with van der Waals surface area (Å²) >= 11 is 0. The number of carboxylic acids is 1. The van der Waals surface area contributed by atoms with Crippen LogP contribution in [0.3, 0.4) is 0 Å². The maximum absolute atomic E-state index is 12.2. The van der Waals surface area contributed by atoms with Gasteiger partial charge in [-0.3, -0.25) is 9.59 Å². The van der Waals surface area contributed by atoms with Crippen molar-refractivity contribution in [3.63, 3.8) is 0 Å². The predicted octanol–water partition coefficient (Wildman–Crippen LogP) is 1.31. The van der Waals surface area contributed by atoms with E-state index < -0.39 is 5.97 Å². The highest BCUT2D eigenvalue weighted by Gasteiger charge is 2.33. The van der Waals surface area contributed by atoms with Crippen molar-refractivity contribution in [1.29, 1.82) is 0 Å². The van der Waals surface area contributed by atoms with Crippen LogP contribution >= 0.6 is 0 Å². The van der Waals surface area contributed by atoms with Crippen molar-refractivity contribution in [3.05, 3.63) is 17.5 Å². The van der Waals surface area contributed by atoms with E-state index in [1.165, 1.54) is 0 Å². The average molecular weight is 252 g/mol. The number of nitrogens with zero attached hydrogens (tertiary/aromatic N) is 2. The first-order valence-electron chi connectivity index (χ1n) is 5.96. The molecule has 0 aliphatic carbocycles. The number of carbonyl (C=O) groups is 2. The van der Waals surface area contributed by atoms with Gasteiger partial charge in [-0.25, -0.2) is 0 Å². The highest BCUT2D eigenvalue weighted by molar-refractivity contribution is 5.92. The summed E-state index contributed by atoms with van der Waals surface area (Å²) in [5, 5.41) is 12.7. The summed E-state index contributed by atoms with van der Waals surface area (Å²) in [4.78, 5) is 24.7. The summed E-state index contributed by atoms with van der Waals surface area (Å²) in [5.74, 6) is -0.746. The van der Waals surface area contributed by atoms with Gasteiger partial charge in [0.25, 0.3) is 5.91 Å². The van der Waals surface area contributed by atoms with Gasteiger partial charge in [-0.15, -0.1) is 0 Å². The van der Waals surface area contributed by atoms with Gasteiger partial charge in [-0.2, -0.15) is 0 Å². The number of carboxylic acid groups (broad SMARTS) is 1. The van der Waals surface area contributed by atoms with Crippen molar-refractivity contribution in [1.82, 2.24) is 10.1 Å². The molecule has 1 aliphatic rings. The van der Waals surface area contributed by atoms with Crippen molar-refractivity contribution in [3.8, 4) is 0 Å². The maximum atomic E-state index is 12.2. The first-order valence-corrected chi connectivity index (χ1v) is 5.96. The molecule has 6 nitrogen and oxygen atoms in total. The Balaban J connectivity index is 2.07. The molecule has 0 spiro atoms. The van der Waals surface area contributed by atoms with Crippen LogP contribution in [0.25, 0.3) is 0 Å². The zero-order valence-electron chi connectivity index (χ0n) is 10.4. The number of amides is 1. The third-order valence-electron chi connectivity index (χ3n) is 3.33. The molecule has 18 heavy (non-hydrogen) atoms. The van der Waals surface area contributed by atoms with E-state index in [4.69, 9.17) is 9.63 Å². The Labute approximate surface area is 105 Å². The lowest BCUT2D eigenvalue weighted by atomic mass is 9.91. The molecule has 0 radical (unpaired) electrons. The lowest BCUT2D eigenvalue weighted by Crippen LogP contribution is -2.46. The molecule has 0 saturated carbocycles. The van der Waals surface area contributed by atoms with Gasteiger partial charge in [0.1, 0.15) is 5.76 Å². The van der Waals surface area contributed by atoms with Crippen molar-refractivity contribution in [2.45, 2.75) is 32.7 Å². The minimum atomic E-state index is -0.786. The number of aromatic nitrogens is 1. The van der Waals surface area contributed by atoms with E-state index in [2.05, 4.69) is 5.16 Å². The predicted molar refractivity (Wildman–Crippen MR) is 62.1 cm³/mol. The summed E-state index contributed by atoms with van der Waals surface area (Å²) < 4.78 is 4.88. The molecule has 6 heteroatoms. The molecule has 0 aromatic carbocycles. The van der Waals surface area contributed by atoms with E-state index in [-0.39, 0.29) is 23.6 Å². The molecule has 2 unspecified atom stereocenters. The van der Waals surface area contributed by atoms with Gasteiger partial charge in [0.2, 0.25) is 0 Å². The molecule has 2 atom stereocenters. The maximum Gasteiger partial charge on any atom is 0.306 e. The van der Waals surface area contributed by atoms with Crippen molar-refractivity contribution in [2.24, 2.45) is 5.92 Å². The second-order valence-electron chi connectivity index (χ2n) is 4.73. The molecule has 2 rings (SSSR count). The number of rotatable bonds is 2. The van der Waals surface area contributed by atoms with Gasteiger partial charge in [-0.1, -0.05) is 5.16 Å². The Morgan fingerprint density at radius 1 is 1.56 bits per heavy atom. The summed E-state index contributed by atoms with van der Waals surface area (Å²) in [7, 11) is 0. The highest BCUT2D eigenvalue weighted by atomic mass is 16.5. The highest BCUT2D eigenvalue weighted by Crippen LogP contribution is 2.24. The summed E-state index contributed by atoms with van der Waals surface area (Å²) in [5.41, 5.74) is 0.285. The fraction of sp³-hybridized carbons (Fsp3) is 0.583. The lowest BCUT2D eigenvalue weighted by molar-refractivity contribution is -0.143. The van der Waals surface area contributed by atoms with Crippen molar-refractivity contribution >= 4 is 11.9 Å². The Hall–Kier alpha value is -1.85. The lowest BCUT2D eigenvalue weighted by Gasteiger charge is -2.35. The van der Waals surface area contributed by atoms with Crippen molar-refractivity contribution in [2.75, 3.05) is 6.54 Å². The fourth-order valence-electron chi connectivity index (χ4n) is 2.31. The zero-order chi connectivity index (χ0) is 13.3. The molecule has 1 N–H and O–H groups in total. The molecule has 0 bridgehead atoms. The van der Waals surface area contributed by atoms with Gasteiger partial charge >= 0.3 is 5.97 Å². The van der Waals surface area contributed by atoms with Crippen LogP contribution in [-0.2, 0) is 4.79 Å². The third kappa shape index (κ3) is 2.37. The van der Waals surface area contributed by atoms with Crippen LogP contribution in [0, 0.1) is 12.8 Å². The monoisotopic (exact) mass is 252 g/mol. The molecule has 2 heterocycles. The van der Waals surface area contributed by atoms with Gasteiger partial charge in [-0.05, 0) is 26.7 Å². The van der Waals surface area contributed by atoms with E-state index >= 15 is 0 Å². The first-order chi connectivity index (χ1) is 8.49. The standard InChI is InChI=1S/C12H16N2O4/c1-7-5-9(12(16)17)3-4-14(7)11(15)10-6-8(2)18-13-10/h6-7,9H,3-5H2,1-2H3,(H,16,17). The smallest absolute Gasteiger partial charge is 0.306 e. The van der Waals surface area contributed by atoms with Crippen LogP contribution in [0.2, 0.25) is 0 Å². The van der Waals surface area contributed by atoms with Gasteiger partial charge < -0.3 is 14.5 Å². The third-order valence-corrected chi connectivity index (χ3v) is 3.33.